The van der Waals surface area contributed by atoms with Crippen LogP contribution in [-0.2, 0) is 4.79 Å². The Kier molecular flexibility index (Phi) is 8.79. The van der Waals surface area contributed by atoms with Gasteiger partial charge in [0.25, 0.3) is 0 Å². The minimum Gasteiger partial charge on any atom is -0.355 e. The normalized spacial score (nSPS) is 17.6. The predicted molar refractivity (Wildman–Crippen MR) is 79.3 cm³/mol. The van der Waals surface area contributed by atoms with Gasteiger partial charge in [-0.1, -0.05) is 13.8 Å². The van der Waals surface area contributed by atoms with Crippen LogP contribution in [0.4, 0.5) is 0 Å². The average Bonchev–Trinajstić information content (AvgIpc) is 2.45. The molecule has 0 unspecified atom stereocenters. The lowest BCUT2D eigenvalue weighted by Gasteiger charge is -2.33. The van der Waals surface area contributed by atoms with Crippen LogP contribution in [0, 0.1) is 0 Å². The van der Waals surface area contributed by atoms with Crippen molar-refractivity contribution >= 4 is 5.91 Å². The molecule has 0 spiro atoms. The van der Waals surface area contributed by atoms with E-state index < -0.39 is 0 Å². The summed E-state index contributed by atoms with van der Waals surface area (Å²) in [7, 11) is 0. The summed E-state index contributed by atoms with van der Waals surface area (Å²) in [5.74, 6) is 0.177. The Morgan fingerprint density at radius 1 is 1.00 bits per heavy atom. The first kappa shape index (κ1) is 16.4. The van der Waals surface area contributed by atoms with Crippen LogP contribution in [-0.4, -0.2) is 74.6 Å². The molecule has 19 heavy (non-hydrogen) atoms. The number of carbonyl (C=O) groups excluding carboxylic acids is 1. The number of carbonyl (C=O) groups is 1. The van der Waals surface area contributed by atoms with Crippen molar-refractivity contribution in [2.45, 2.75) is 26.7 Å². The molecule has 5 heteroatoms. The van der Waals surface area contributed by atoms with E-state index in [-0.39, 0.29) is 5.91 Å². The smallest absolute Gasteiger partial charge is 0.221 e. The van der Waals surface area contributed by atoms with Gasteiger partial charge in [-0.3, -0.25) is 4.79 Å². The molecule has 1 aliphatic heterocycles. The zero-order valence-corrected chi connectivity index (χ0v) is 12.6. The summed E-state index contributed by atoms with van der Waals surface area (Å²) in [4.78, 5) is 16.5. The summed E-state index contributed by atoms with van der Waals surface area (Å²) in [6.45, 7) is 13.5. The molecule has 1 saturated heterocycles. The van der Waals surface area contributed by atoms with Gasteiger partial charge in [0, 0.05) is 52.2 Å². The summed E-state index contributed by atoms with van der Waals surface area (Å²) < 4.78 is 0. The summed E-state index contributed by atoms with van der Waals surface area (Å²) in [6.07, 6.45) is 1.76. The van der Waals surface area contributed by atoms with Crippen LogP contribution in [0.2, 0.25) is 0 Å². The highest BCUT2D eigenvalue weighted by Gasteiger charge is 2.15. The van der Waals surface area contributed by atoms with Crippen molar-refractivity contribution in [3.63, 3.8) is 0 Å². The van der Waals surface area contributed by atoms with Gasteiger partial charge >= 0.3 is 0 Å². The standard InChI is InChI=1S/C14H30N4O/c1-3-6-15-7-8-16-14(19)5-9-18-12-10-17(4-2)11-13-18/h15H,3-13H2,1-2H3,(H,16,19). The van der Waals surface area contributed by atoms with Gasteiger partial charge in [0.2, 0.25) is 5.91 Å². The highest BCUT2D eigenvalue weighted by Crippen LogP contribution is 2.01. The van der Waals surface area contributed by atoms with Crippen molar-refractivity contribution in [3.8, 4) is 0 Å². The van der Waals surface area contributed by atoms with Crippen LogP contribution in [0.5, 0.6) is 0 Å². The van der Waals surface area contributed by atoms with E-state index >= 15 is 0 Å². The molecule has 0 atom stereocenters. The molecule has 0 aromatic rings. The van der Waals surface area contributed by atoms with Gasteiger partial charge in [0.05, 0.1) is 0 Å². The number of nitrogens with zero attached hydrogens (tertiary/aromatic N) is 2. The molecule has 0 radical (unpaired) electrons. The zero-order valence-electron chi connectivity index (χ0n) is 12.6. The van der Waals surface area contributed by atoms with E-state index in [0.717, 1.165) is 65.3 Å². The number of likely N-dealkylation sites (N-methyl/N-ethyl adjacent to an activating group) is 1. The lowest BCUT2D eigenvalue weighted by Crippen LogP contribution is -2.47. The van der Waals surface area contributed by atoms with Gasteiger partial charge in [-0.25, -0.2) is 0 Å². The molecule has 2 N–H and O–H groups in total. The van der Waals surface area contributed by atoms with E-state index in [1.54, 1.807) is 0 Å². The summed E-state index contributed by atoms with van der Waals surface area (Å²) in [5.41, 5.74) is 0. The van der Waals surface area contributed by atoms with E-state index in [0.29, 0.717) is 6.42 Å². The number of hydrogen-bond donors (Lipinski definition) is 2. The van der Waals surface area contributed by atoms with Crippen LogP contribution in [0.1, 0.15) is 26.7 Å². The first-order valence-electron chi connectivity index (χ1n) is 7.68. The van der Waals surface area contributed by atoms with Crippen molar-refractivity contribution in [1.29, 1.82) is 0 Å². The van der Waals surface area contributed by atoms with Gasteiger partial charge in [-0.15, -0.1) is 0 Å². The maximum Gasteiger partial charge on any atom is 0.221 e. The molecule has 1 aliphatic rings. The van der Waals surface area contributed by atoms with Gasteiger partial charge in [0.15, 0.2) is 0 Å². The predicted octanol–water partition coefficient (Wildman–Crippen LogP) is 0.130. The second-order valence-electron chi connectivity index (χ2n) is 5.13. The first-order chi connectivity index (χ1) is 9.26. The number of piperazine rings is 1. The third-order valence-electron chi connectivity index (χ3n) is 3.62. The number of amides is 1. The Morgan fingerprint density at radius 3 is 2.32 bits per heavy atom. The zero-order chi connectivity index (χ0) is 13.9. The highest BCUT2D eigenvalue weighted by atomic mass is 16.1. The highest BCUT2D eigenvalue weighted by molar-refractivity contribution is 5.76. The van der Waals surface area contributed by atoms with Gasteiger partial charge in [0.1, 0.15) is 0 Å². The Balaban J connectivity index is 1.98. The SMILES string of the molecule is CCCNCCNC(=O)CCN1CCN(CC)CC1. The molecule has 0 bridgehead atoms. The molecule has 0 aromatic heterocycles. The molecule has 1 fully saturated rings. The van der Waals surface area contributed by atoms with E-state index in [1.807, 2.05) is 0 Å². The molecule has 5 nitrogen and oxygen atoms in total. The van der Waals surface area contributed by atoms with Gasteiger partial charge in [-0.2, -0.15) is 0 Å². The summed E-state index contributed by atoms with van der Waals surface area (Å²) >= 11 is 0. The molecule has 0 saturated carbocycles. The van der Waals surface area contributed by atoms with E-state index in [4.69, 9.17) is 0 Å². The minimum absolute atomic E-state index is 0.177. The molecule has 1 rings (SSSR count). The maximum atomic E-state index is 11.7. The van der Waals surface area contributed by atoms with Crippen LogP contribution in [0.25, 0.3) is 0 Å². The molecule has 0 aromatic carbocycles. The fraction of sp³-hybridized carbons (Fsp3) is 0.929. The Labute approximate surface area is 117 Å². The Morgan fingerprint density at radius 2 is 1.68 bits per heavy atom. The van der Waals surface area contributed by atoms with Crippen molar-refractivity contribution < 1.29 is 4.79 Å². The van der Waals surface area contributed by atoms with Crippen molar-refractivity contribution in [2.75, 3.05) is 58.9 Å². The lowest BCUT2D eigenvalue weighted by molar-refractivity contribution is -0.121. The fourth-order valence-electron chi connectivity index (χ4n) is 2.27. The van der Waals surface area contributed by atoms with Gasteiger partial charge < -0.3 is 20.4 Å². The Bertz CT molecular complexity index is 240. The second kappa shape index (κ2) is 10.2. The monoisotopic (exact) mass is 270 g/mol. The van der Waals surface area contributed by atoms with E-state index in [1.165, 1.54) is 0 Å². The number of rotatable bonds is 9. The van der Waals surface area contributed by atoms with E-state index in [2.05, 4.69) is 34.3 Å². The molecule has 112 valence electrons. The third kappa shape index (κ3) is 7.50. The maximum absolute atomic E-state index is 11.7. The number of hydrogen-bond acceptors (Lipinski definition) is 4. The van der Waals surface area contributed by atoms with Crippen LogP contribution in [0.3, 0.4) is 0 Å². The van der Waals surface area contributed by atoms with Crippen LogP contribution >= 0.6 is 0 Å². The molecule has 1 amide bonds. The van der Waals surface area contributed by atoms with E-state index in [9.17, 15) is 4.79 Å². The molecular formula is C14H30N4O. The number of nitrogens with one attached hydrogen (secondary N) is 2. The molecule has 1 heterocycles. The second-order valence-corrected chi connectivity index (χ2v) is 5.13. The first-order valence-corrected chi connectivity index (χ1v) is 7.68. The van der Waals surface area contributed by atoms with Crippen molar-refractivity contribution in [1.82, 2.24) is 20.4 Å². The minimum atomic E-state index is 0.177. The van der Waals surface area contributed by atoms with Crippen molar-refractivity contribution in [3.05, 3.63) is 0 Å². The molecule has 0 aliphatic carbocycles. The fourth-order valence-corrected chi connectivity index (χ4v) is 2.27. The lowest BCUT2D eigenvalue weighted by atomic mass is 10.3. The molecular weight excluding hydrogens is 240 g/mol. The topological polar surface area (TPSA) is 47.6 Å². The largest absolute Gasteiger partial charge is 0.355 e. The summed E-state index contributed by atoms with van der Waals surface area (Å²) in [5, 5.41) is 6.24. The van der Waals surface area contributed by atoms with Gasteiger partial charge in [-0.05, 0) is 19.5 Å². The third-order valence-corrected chi connectivity index (χ3v) is 3.62. The van der Waals surface area contributed by atoms with Crippen molar-refractivity contribution in [2.24, 2.45) is 0 Å². The van der Waals surface area contributed by atoms with Crippen LogP contribution in [0.15, 0.2) is 0 Å². The quantitative estimate of drug-likeness (QED) is 0.585. The average molecular weight is 270 g/mol. The van der Waals surface area contributed by atoms with Crippen LogP contribution < -0.4 is 10.6 Å². The Hall–Kier alpha value is -0.650. The summed E-state index contributed by atoms with van der Waals surface area (Å²) in [6, 6.07) is 0.